The van der Waals surface area contributed by atoms with Crippen molar-refractivity contribution in [1.29, 1.82) is 0 Å². The number of morpholine rings is 1. The zero-order chi connectivity index (χ0) is 23.3. The Morgan fingerprint density at radius 1 is 1.30 bits per heavy atom. The second-order valence-electron chi connectivity index (χ2n) is 8.31. The van der Waals surface area contributed by atoms with Crippen LogP contribution in [0.4, 0.5) is 11.7 Å². The van der Waals surface area contributed by atoms with E-state index < -0.39 is 12.2 Å². The third-order valence-electron chi connectivity index (χ3n) is 6.25. The minimum absolute atomic E-state index is 0.0385. The van der Waals surface area contributed by atoms with Gasteiger partial charge in [0, 0.05) is 23.1 Å². The molecule has 0 unspecified atom stereocenters. The molecule has 0 saturated carbocycles. The molecule has 4 heterocycles. The Labute approximate surface area is 200 Å². The van der Waals surface area contributed by atoms with Crippen LogP contribution in [0.15, 0.2) is 28.9 Å². The van der Waals surface area contributed by atoms with Crippen LogP contribution in [0.5, 0.6) is 0 Å². The van der Waals surface area contributed by atoms with E-state index in [1.54, 1.807) is 23.4 Å². The van der Waals surface area contributed by atoms with Gasteiger partial charge in [-0.3, -0.25) is 9.78 Å². The third-order valence-corrected chi connectivity index (χ3v) is 6.78. The summed E-state index contributed by atoms with van der Waals surface area (Å²) in [4.78, 5) is 25.6. The summed E-state index contributed by atoms with van der Waals surface area (Å²) in [6.45, 7) is 2.86. The van der Waals surface area contributed by atoms with Crippen LogP contribution in [0, 0.1) is 0 Å². The highest BCUT2D eigenvalue weighted by Crippen LogP contribution is 2.38. The molecule has 0 radical (unpaired) electrons. The van der Waals surface area contributed by atoms with Crippen LogP contribution in [-0.2, 0) is 16.0 Å². The van der Waals surface area contributed by atoms with E-state index >= 15 is 0 Å². The van der Waals surface area contributed by atoms with Gasteiger partial charge in [0.15, 0.2) is 11.7 Å². The predicted octanol–water partition coefficient (Wildman–Crippen LogP) is 2.82. The second kappa shape index (κ2) is 8.64. The number of ether oxygens (including phenoxy) is 1. The van der Waals surface area contributed by atoms with Crippen molar-refractivity contribution in [2.24, 2.45) is 0 Å². The number of aromatic nitrogens is 2. The molecule has 1 fully saturated rings. The first-order valence-electron chi connectivity index (χ1n) is 10.6. The molecular formula is C22H23Cl2N5O4. The number of aliphatic hydroxyl groups excluding tert-OH is 1. The largest absolute Gasteiger partial charge is 0.421 e. The first kappa shape index (κ1) is 22.2. The lowest BCUT2D eigenvalue weighted by molar-refractivity contribution is -0.153. The molecule has 9 nitrogen and oxygen atoms in total. The summed E-state index contributed by atoms with van der Waals surface area (Å²) >= 11 is 12.6. The van der Waals surface area contributed by atoms with E-state index in [9.17, 15) is 9.90 Å². The van der Waals surface area contributed by atoms with E-state index in [-0.39, 0.29) is 31.1 Å². The van der Waals surface area contributed by atoms with Crippen molar-refractivity contribution in [3.63, 3.8) is 0 Å². The molecule has 3 N–H and O–H groups in total. The van der Waals surface area contributed by atoms with Gasteiger partial charge in [-0.15, -0.1) is 0 Å². The van der Waals surface area contributed by atoms with Crippen molar-refractivity contribution in [3.8, 4) is 0 Å². The predicted molar refractivity (Wildman–Crippen MR) is 124 cm³/mol. The summed E-state index contributed by atoms with van der Waals surface area (Å²) in [7, 11) is 0. The zero-order valence-corrected chi connectivity index (χ0v) is 19.4. The van der Waals surface area contributed by atoms with Crippen LogP contribution in [0.1, 0.15) is 24.1 Å². The summed E-state index contributed by atoms with van der Waals surface area (Å²) < 4.78 is 11.5. The van der Waals surface area contributed by atoms with Crippen LogP contribution < -0.4 is 10.6 Å². The number of nitrogens with two attached hydrogens (primary N) is 1. The number of oxazole rings is 1. The van der Waals surface area contributed by atoms with E-state index in [1.807, 2.05) is 17.9 Å². The van der Waals surface area contributed by atoms with E-state index in [0.29, 0.717) is 46.3 Å². The highest BCUT2D eigenvalue weighted by Gasteiger charge is 2.39. The van der Waals surface area contributed by atoms with Gasteiger partial charge in [0.05, 0.1) is 37.7 Å². The number of benzene rings is 1. The lowest BCUT2D eigenvalue weighted by Crippen LogP contribution is -2.56. The monoisotopic (exact) mass is 491 g/mol. The number of amides is 1. The summed E-state index contributed by atoms with van der Waals surface area (Å²) in [6.07, 6.45) is 2.50. The lowest BCUT2D eigenvalue weighted by Gasteiger charge is -2.42. The number of nitrogen functional groups attached to an aromatic ring is 1. The summed E-state index contributed by atoms with van der Waals surface area (Å²) in [6, 6.07) is 3.40. The number of aliphatic hydroxyl groups is 1. The number of fused-ring (bicyclic) bond motifs is 2. The third kappa shape index (κ3) is 3.99. The molecule has 11 heteroatoms. The van der Waals surface area contributed by atoms with Gasteiger partial charge in [0.25, 0.3) is 11.9 Å². The van der Waals surface area contributed by atoms with Crippen LogP contribution >= 0.6 is 23.2 Å². The zero-order valence-electron chi connectivity index (χ0n) is 17.9. The number of halogens is 2. The fourth-order valence-corrected chi connectivity index (χ4v) is 5.44. The van der Waals surface area contributed by atoms with Gasteiger partial charge >= 0.3 is 0 Å². The number of nitrogens with zero attached hydrogens (tertiary/aromatic N) is 4. The van der Waals surface area contributed by atoms with E-state index in [1.165, 1.54) is 0 Å². The maximum atomic E-state index is 13.6. The standard InChI is InChI=1S/C22H23Cl2N5O4/c1-11-19-12(4-13(23)5-15(19)24)2-3-29(11)21(31)18-9-28(8-14(10-30)32-18)17-7-26-6-16-20(17)33-22(25)27-16/h4-7,11,14,18,30H,2-3,8-10H2,1H3,(H2,25,27)/t11-,14-,18+/m0/s1. The number of rotatable bonds is 3. The van der Waals surface area contributed by atoms with Gasteiger partial charge in [-0.25, -0.2) is 0 Å². The maximum absolute atomic E-state index is 13.6. The minimum atomic E-state index is -0.790. The molecule has 33 heavy (non-hydrogen) atoms. The number of hydrogen-bond donors (Lipinski definition) is 2. The summed E-state index contributed by atoms with van der Waals surface area (Å²) in [5, 5.41) is 11.0. The molecule has 1 aromatic carbocycles. The summed E-state index contributed by atoms with van der Waals surface area (Å²) in [5.74, 6) is -0.167. The Morgan fingerprint density at radius 2 is 2.12 bits per heavy atom. The first-order valence-corrected chi connectivity index (χ1v) is 11.4. The molecule has 1 amide bonds. The topological polar surface area (TPSA) is 118 Å². The van der Waals surface area contributed by atoms with E-state index in [2.05, 4.69) is 9.97 Å². The van der Waals surface area contributed by atoms with Gasteiger partial charge in [0.2, 0.25) is 0 Å². The molecule has 2 aliphatic heterocycles. The van der Waals surface area contributed by atoms with Gasteiger partial charge in [-0.05, 0) is 36.6 Å². The van der Waals surface area contributed by atoms with Crippen molar-refractivity contribution in [2.75, 3.05) is 36.9 Å². The number of pyridine rings is 1. The molecule has 1 saturated heterocycles. The van der Waals surface area contributed by atoms with Crippen LogP contribution in [0.2, 0.25) is 10.0 Å². The highest BCUT2D eigenvalue weighted by molar-refractivity contribution is 6.35. The first-order chi connectivity index (χ1) is 15.9. The van der Waals surface area contributed by atoms with Gasteiger partial charge in [-0.1, -0.05) is 23.2 Å². The normalized spacial score (nSPS) is 23.1. The Morgan fingerprint density at radius 3 is 2.91 bits per heavy atom. The smallest absolute Gasteiger partial charge is 0.293 e. The van der Waals surface area contributed by atoms with Crippen molar-refractivity contribution in [2.45, 2.75) is 31.6 Å². The molecule has 0 aliphatic carbocycles. The fourth-order valence-electron chi connectivity index (χ4n) is 4.74. The van der Waals surface area contributed by atoms with Crippen LogP contribution in [0.25, 0.3) is 11.1 Å². The molecular weight excluding hydrogens is 469 g/mol. The van der Waals surface area contributed by atoms with Crippen molar-refractivity contribution in [1.82, 2.24) is 14.9 Å². The molecule has 2 aliphatic rings. The molecule has 0 spiro atoms. The van der Waals surface area contributed by atoms with Crippen LogP contribution in [-0.4, -0.2) is 64.3 Å². The van der Waals surface area contributed by atoms with E-state index in [0.717, 1.165) is 11.1 Å². The molecule has 2 aromatic heterocycles. The molecule has 3 atom stereocenters. The van der Waals surface area contributed by atoms with Crippen molar-refractivity contribution >= 4 is 51.9 Å². The van der Waals surface area contributed by atoms with E-state index in [4.69, 9.17) is 38.1 Å². The Balaban J connectivity index is 1.43. The second-order valence-corrected chi connectivity index (χ2v) is 9.15. The number of carbonyl (C=O) groups excluding carboxylic acids is 1. The average molecular weight is 492 g/mol. The number of hydrogen-bond acceptors (Lipinski definition) is 8. The van der Waals surface area contributed by atoms with Gasteiger partial charge in [-0.2, -0.15) is 4.98 Å². The highest BCUT2D eigenvalue weighted by atomic mass is 35.5. The SMILES string of the molecule is C[C@H]1c2c(Cl)cc(Cl)cc2CCN1C(=O)[C@H]1CN(c2cncc3nc(N)oc23)C[C@@H](CO)O1. The summed E-state index contributed by atoms with van der Waals surface area (Å²) in [5.41, 5.74) is 9.32. The average Bonchev–Trinajstić information content (AvgIpc) is 3.18. The quantitative estimate of drug-likeness (QED) is 0.573. The number of anilines is 2. The maximum Gasteiger partial charge on any atom is 0.293 e. The molecule has 174 valence electrons. The Hall–Kier alpha value is -2.59. The molecule has 0 bridgehead atoms. The van der Waals surface area contributed by atoms with Crippen LogP contribution in [0.3, 0.4) is 0 Å². The fraction of sp³-hybridized carbons (Fsp3) is 0.409. The van der Waals surface area contributed by atoms with Gasteiger partial charge in [0.1, 0.15) is 11.2 Å². The van der Waals surface area contributed by atoms with Gasteiger partial charge < -0.3 is 29.8 Å². The minimum Gasteiger partial charge on any atom is -0.421 e. The Kier molecular flexibility index (Phi) is 5.82. The van der Waals surface area contributed by atoms with Crippen molar-refractivity contribution < 1.29 is 19.1 Å². The lowest BCUT2D eigenvalue weighted by atomic mass is 9.93. The van der Waals surface area contributed by atoms with Crippen molar-refractivity contribution in [3.05, 3.63) is 45.7 Å². The molecule has 3 aromatic rings. The number of carbonyl (C=O) groups is 1. The Bertz CT molecular complexity index is 1220. The molecule has 5 rings (SSSR count).